The molecule has 15 heteroatoms. The molecule has 2 aliphatic heterocycles. The normalized spacial score (nSPS) is 18.8. The van der Waals surface area contributed by atoms with E-state index in [2.05, 4.69) is 10.5 Å². The van der Waals surface area contributed by atoms with Gasteiger partial charge in [-0.05, 0) is 12.8 Å². The number of benzene rings is 1. The van der Waals surface area contributed by atoms with E-state index in [1.54, 1.807) is 0 Å². The molecular weight excluding hydrogens is 467 g/mol. The van der Waals surface area contributed by atoms with Crippen molar-refractivity contribution >= 4 is 34.5 Å². The third-order valence-electron chi connectivity index (χ3n) is 5.62. The number of carbonyl (C=O) groups excluding carboxylic acids is 2. The number of amides is 1. The largest absolute Gasteiger partial charge is 0.416 e. The van der Waals surface area contributed by atoms with Crippen LogP contribution < -0.4 is 10.2 Å². The van der Waals surface area contributed by atoms with Gasteiger partial charge in [0.15, 0.2) is 17.6 Å². The Morgan fingerprint density at radius 3 is 2.18 bits per heavy atom. The van der Waals surface area contributed by atoms with Crippen molar-refractivity contribution in [1.29, 1.82) is 0 Å². The minimum absolute atomic E-state index is 0.0113. The Hall–Kier alpha value is -3.78. The monoisotopic (exact) mass is 487 g/mol. The Morgan fingerprint density at radius 2 is 1.74 bits per heavy atom. The van der Waals surface area contributed by atoms with Crippen LogP contribution in [-0.4, -0.2) is 53.0 Å². The molecule has 184 valence electrons. The number of halogens is 3. The van der Waals surface area contributed by atoms with Gasteiger partial charge < -0.3 is 15.1 Å². The van der Waals surface area contributed by atoms with Crippen molar-refractivity contribution < 1.29 is 37.4 Å². The molecule has 1 amide bonds. The summed E-state index contributed by atoms with van der Waals surface area (Å²) in [6.45, 7) is 1.43. The van der Waals surface area contributed by atoms with Gasteiger partial charge in [0.25, 0.3) is 11.4 Å². The fourth-order valence-electron chi connectivity index (χ4n) is 3.84. The van der Waals surface area contributed by atoms with Gasteiger partial charge in [0.05, 0.1) is 22.0 Å². The van der Waals surface area contributed by atoms with Crippen LogP contribution >= 0.6 is 0 Å². The molecule has 0 aromatic heterocycles. The highest BCUT2D eigenvalue weighted by Gasteiger charge is 2.40. The Labute approximate surface area is 190 Å². The van der Waals surface area contributed by atoms with Crippen molar-refractivity contribution in [2.45, 2.75) is 38.5 Å². The van der Waals surface area contributed by atoms with E-state index in [4.69, 9.17) is 4.84 Å². The third kappa shape index (κ3) is 5.40. The minimum Gasteiger partial charge on any atom is -0.390 e. The number of Topliss-reactive ketones (excluding diaryl/α,β-unsaturated/α-hetero) is 1. The summed E-state index contributed by atoms with van der Waals surface area (Å²) in [6, 6.07) is 0.556. The van der Waals surface area contributed by atoms with Gasteiger partial charge in [-0.15, -0.1) is 0 Å². The molecule has 1 N–H and O–H groups in total. The van der Waals surface area contributed by atoms with Crippen molar-refractivity contribution in [1.82, 2.24) is 5.32 Å². The fourth-order valence-corrected chi connectivity index (χ4v) is 3.84. The standard InChI is InChI=1S/C19H20F3N5O7/c1-10(28)14-8-13(34-24-14)9-23-18(29)11-2-4-25(5-3-11)17-15(26(30)31)6-12(19(20,21)22)7-16(17)27(32)33/h6-7,11,13H,2-5,8-9H2,1H3,(H,23,29)/t13-/m0/s1. The van der Waals surface area contributed by atoms with Gasteiger partial charge in [0.1, 0.15) is 5.71 Å². The fraction of sp³-hybridized carbons (Fsp3) is 0.526. The Balaban J connectivity index is 1.68. The first-order valence-electron chi connectivity index (χ1n) is 10.2. The maximum absolute atomic E-state index is 13.1. The summed E-state index contributed by atoms with van der Waals surface area (Å²) in [7, 11) is 0. The summed E-state index contributed by atoms with van der Waals surface area (Å²) in [4.78, 5) is 50.8. The second-order valence-electron chi connectivity index (χ2n) is 7.91. The van der Waals surface area contributed by atoms with E-state index in [9.17, 15) is 43.0 Å². The number of piperidine rings is 1. The van der Waals surface area contributed by atoms with Crippen LogP contribution in [0, 0.1) is 26.1 Å². The predicted molar refractivity (Wildman–Crippen MR) is 110 cm³/mol. The molecule has 34 heavy (non-hydrogen) atoms. The van der Waals surface area contributed by atoms with Gasteiger partial charge >= 0.3 is 6.18 Å². The molecule has 1 aromatic carbocycles. The number of nitro groups is 2. The number of nitrogens with zero attached hydrogens (tertiary/aromatic N) is 4. The molecule has 1 aromatic rings. The van der Waals surface area contributed by atoms with Crippen LogP contribution in [0.1, 0.15) is 31.7 Å². The maximum Gasteiger partial charge on any atom is 0.416 e. The highest BCUT2D eigenvalue weighted by Crippen LogP contribution is 2.44. The number of hydrogen-bond donors (Lipinski definition) is 1. The lowest BCUT2D eigenvalue weighted by Crippen LogP contribution is -2.42. The maximum atomic E-state index is 13.1. The number of carbonyl (C=O) groups is 2. The molecule has 3 rings (SSSR count). The minimum atomic E-state index is -5.00. The van der Waals surface area contributed by atoms with Gasteiger partial charge in [0, 0.05) is 44.5 Å². The van der Waals surface area contributed by atoms with E-state index in [1.807, 2.05) is 0 Å². The number of nitro benzene ring substituents is 2. The van der Waals surface area contributed by atoms with Crippen molar-refractivity contribution in [2.24, 2.45) is 11.1 Å². The first-order valence-corrected chi connectivity index (χ1v) is 10.2. The molecule has 1 saturated heterocycles. The van der Waals surface area contributed by atoms with E-state index >= 15 is 0 Å². The van der Waals surface area contributed by atoms with E-state index in [-0.39, 0.29) is 68.4 Å². The van der Waals surface area contributed by atoms with Crippen LogP contribution in [0.2, 0.25) is 0 Å². The molecule has 0 saturated carbocycles. The predicted octanol–water partition coefficient (Wildman–Crippen LogP) is 2.59. The van der Waals surface area contributed by atoms with Crippen molar-refractivity contribution in [3.63, 3.8) is 0 Å². The average molecular weight is 487 g/mol. The lowest BCUT2D eigenvalue weighted by Gasteiger charge is -2.32. The zero-order chi connectivity index (χ0) is 25.2. The summed E-state index contributed by atoms with van der Waals surface area (Å²) in [5.74, 6) is -1.08. The number of nitrogens with one attached hydrogen (secondary N) is 1. The smallest absolute Gasteiger partial charge is 0.390 e. The van der Waals surface area contributed by atoms with Crippen LogP contribution in [0.3, 0.4) is 0 Å². The van der Waals surface area contributed by atoms with Crippen molar-refractivity contribution in [2.75, 3.05) is 24.5 Å². The Kier molecular flexibility index (Phi) is 7.02. The van der Waals surface area contributed by atoms with Crippen molar-refractivity contribution in [3.05, 3.63) is 37.9 Å². The molecule has 0 unspecified atom stereocenters. The van der Waals surface area contributed by atoms with Crippen LogP contribution in [0.5, 0.6) is 0 Å². The van der Waals surface area contributed by atoms with Gasteiger partial charge in [-0.25, -0.2) is 0 Å². The molecule has 12 nitrogen and oxygen atoms in total. The molecule has 0 spiro atoms. The number of oxime groups is 1. The van der Waals surface area contributed by atoms with E-state index in [1.165, 1.54) is 11.8 Å². The molecule has 1 atom stereocenters. The van der Waals surface area contributed by atoms with E-state index in [0.717, 1.165) is 0 Å². The molecule has 2 aliphatic rings. The second kappa shape index (κ2) is 9.61. The number of anilines is 1. The first-order chi connectivity index (χ1) is 15.9. The summed E-state index contributed by atoms with van der Waals surface area (Å²) >= 11 is 0. The van der Waals surface area contributed by atoms with Gasteiger partial charge in [-0.1, -0.05) is 5.16 Å². The first kappa shape index (κ1) is 24.9. The summed E-state index contributed by atoms with van der Waals surface area (Å²) in [5, 5.41) is 29.2. The number of alkyl halides is 3. The van der Waals surface area contributed by atoms with Crippen LogP contribution in [0.25, 0.3) is 0 Å². The third-order valence-corrected chi connectivity index (χ3v) is 5.62. The summed E-state index contributed by atoms with van der Waals surface area (Å²) in [5.41, 5.74) is -3.79. The highest BCUT2D eigenvalue weighted by molar-refractivity contribution is 6.39. The Bertz CT molecular complexity index is 1020. The van der Waals surface area contributed by atoms with E-state index < -0.39 is 50.7 Å². The van der Waals surface area contributed by atoms with Crippen LogP contribution in [-0.2, 0) is 20.6 Å². The lowest BCUT2D eigenvalue weighted by molar-refractivity contribution is -0.393. The van der Waals surface area contributed by atoms with Crippen molar-refractivity contribution in [3.8, 4) is 0 Å². The average Bonchev–Trinajstić information content (AvgIpc) is 3.25. The molecule has 1 fully saturated rings. The molecule has 0 radical (unpaired) electrons. The summed E-state index contributed by atoms with van der Waals surface area (Å²) in [6.07, 6.45) is -4.89. The quantitative estimate of drug-likeness (QED) is 0.454. The van der Waals surface area contributed by atoms with Gasteiger partial charge in [0.2, 0.25) is 5.91 Å². The summed E-state index contributed by atoms with van der Waals surface area (Å²) < 4.78 is 39.3. The zero-order valence-corrected chi connectivity index (χ0v) is 17.8. The van der Waals surface area contributed by atoms with Crippen LogP contribution in [0.15, 0.2) is 17.3 Å². The topological polar surface area (TPSA) is 157 Å². The molecular formula is C19H20F3N5O7. The lowest BCUT2D eigenvalue weighted by atomic mass is 9.94. The number of rotatable bonds is 7. The number of hydrogen-bond acceptors (Lipinski definition) is 9. The molecule has 2 heterocycles. The zero-order valence-electron chi connectivity index (χ0n) is 17.8. The SMILES string of the molecule is CC(=O)C1=NO[C@H](CNC(=O)C2CCN(c3c([N+](=O)[O-])cc(C(F)(F)F)cc3[N+](=O)[O-])CC2)C1. The molecule has 0 bridgehead atoms. The number of ketones is 1. The van der Waals surface area contributed by atoms with Gasteiger partial charge in [-0.2, -0.15) is 13.2 Å². The molecule has 0 aliphatic carbocycles. The van der Waals surface area contributed by atoms with Crippen LogP contribution in [0.4, 0.5) is 30.2 Å². The second-order valence-corrected chi connectivity index (χ2v) is 7.91. The van der Waals surface area contributed by atoms with Gasteiger partial charge in [-0.3, -0.25) is 29.8 Å². The van der Waals surface area contributed by atoms with E-state index in [0.29, 0.717) is 0 Å². The highest BCUT2D eigenvalue weighted by atomic mass is 19.4. The Morgan fingerprint density at radius 1 is 1.18 bits per heavy atom.